The molecule has 0 spiro atoms. The zero-order valence-corrected chi connectivity index (χ0v) is 18.3. The summed E-state index contributed by atoms with van der Waals surface area (Å²) in [5.74, 6) is 2.48. The third kappa shape index (κ3) is 4.46. The van der Waals surface area contributed by atoms with Gasteiger partial charge in [0.2, 0.25) is 5.91 Å². The molecule has 1 amide bonds. The molecule has 32 heavy (non-hydrogen) atoms. The third-order valence-corrected chi connectivity index (χ3v) is 5.89. The molecular weight excluding hydrogens is 424 g/mol. The van der Waals surface area contributed by atoms with Crippen LogP contribution in [0.15, 0.2) is 60.2 Å². The molecule has 0 saturated carbocycles. The van der Waals surface area contributed by atoms with Crippen molar-refractivity contribution in [2.75, 3.05) is 11.9 Å². The van der Waals surface area contributed by atoms with Gasteiger partial charge >= 0.3 is 0 Å². The van der Waals surface area contributed by atoms with Gasteiger partial charge < -0.3 is 14.6 Å². The second-order valence-electron chi connectivity index (χ2n) is 8.00. The molecule has 0 bridgehead atoms. The molecule has 2 aliphatic heterocycles. The van der Waals surface area contributed by atoms with Crippen molar-refractivity contribution in [1.29, 1.82) is 0 Å². The molecule has 3 heterocycles. The molecule has 0 atom stereocenters. The van der Waals surface area contributed by atoms with Crippen molar-refractivity contribution in [3.05, 3.63) is 76.6 Å². The quantitative estimate of drug-likeness (QED) is 0.552. The molecule has 0 unspecified atom stereocenters. The van der Waals surface area contributed by atoms with Crippen LogP contribution in [0, 0.1) is 0 Å². The van der Waals surface area contributed by atoms with Gasteiger partial charge in [0, 0.05) is 40.9 Å². The lowest BCUT2D eigenvalue weighted by molar-refractivity contribution is -0.111. The molecule has 2 aromatic carbocycles. The second-order valence-corrected chi connectivity index (χ2v) is 8.43. The number of ether oxygens (including phenoxy) is 1. The molecule has 7 heteroatoms. The zero-order chi connectivity index (χ0) is 21.9. The van der Waals surface area contributed by atoms with E-state index in [2.05, 4.69) is 20.1 Å². The molecule has 6 nitrogen and oxygen atoms in total. The number of nitrogens with one attached hydrogen (secondary N) is 1. The summed E-state index contributed by atoms with van der Waals surface area (Å²) in [4.78, 5) is 12.5. The predicted molar refractivity (Wildman–Crippen MR) is 126 cm³/mol. The van der Waals surface area contributed by atoms with Gasteiger partial charge in [-0.3, -0.25) is 4.79 Å². The summed E-state index contributed by atoms with van der Waals surface area (Å²) >= 11 is 6.06. The molecular formula is C25H23ClN4O2. The number of aryl methyl sites for hydroxylation is 1. The predicted octanol–water partition coefficient (Wildman–Crippen LogP) is 5.30. The number of anilines is 1. The summed E-state index contributed by atoms with van der Waals surface area (Å²) in [6.07, 6.45) is 9.72. The number of halogens is 1. The highest BCUT2D eigenvalue weighted by Crippen LogP contribution is 2.29. The number of hydrogen-bond acceptors (Lipinski definition) is 4. The maximum absolute atomic E-state index is 12.5. The van der Waals surface area contributed by atoms with E-state index in [0.717, 1.165) is 59.9 Å². The Morgan fingerprint density at radius 3 is 3.00 bits per heavy atom. The maximum Gasteiger partial charge on any atom is 0.248 e. The number of aromatic nitrogens is 3. The van der Waals surface area contributed by atoms with Gasteiger partial charge in [0.15, 0.2) is 5.82 Å². The normalized spacial score (nSPS) is 15.3. The van der Waals surface area contributed by atoms with E-state index >= 15 is 0 Å². The minimum atomic E-state index is -0.208. The van der Waals surface area contributed by atoms with Crippen LogP contribution in [0.25, 0.3) is 17.5 Å². The molecule has 1 aromatic heterocycles. The fourth-order valence-electron chi connectivity index (χ4n) is 4.06. The number of carbonyl (C=O) groups excluding carboxylic acids is 1. The molecule has 3 aromatic rings. The average molecular weight is 447 g/mol. The van der Waals surface area contributed by atoms with Crippen molar-refractivity contribution in [2.45, 2.75) is 32.2 Å². The number of benzene rings is 2. The van der Waals surface area contributed by atoms with Crippen molar-refractivity contribution in [3.8, 4) is 17.1 Å². The Kier molecular flexibility index (Phi) is 5.77. The van der Waals surface area contributed by atoms with Crippen LogP contribution in [0.5, 0.6) is 5.75 Å². The van der Waals surface area contributed by atoms with E-state index in [1.54, 1.807) is 12.1 Å². The van der Waals surface area contributed by atoms with Crippen LogP contribution in [0.2, 0.25) is 5.02 Å². The summed E-state index contributed by atoms with van der Waals surface area (Å²) in [6.45, 7) is 1.34. The Labute approximate surface area is 191 Å². The fraction of sp³-hybridized carbons (Fsp3) is 0.240. The van der Waals surface area contributed by atoms with Gasteiger partial charge in [-0.1, -0.05) is 36.2 Å². The molecule has 0 fully saturated rings. The smallest absolute Gasteiger partial charge is 0.248 e. The van der Waals surface area contributed by atoms with E-state index in [9.17, 15) is 4.79 Å². The first-order chi connectivity index (χ1) is 15.7. The molecule has 0 saturated heterocycles. The van der Waals surface area contributed by atoms with Gasteiger partial charge in [-0.25, -0.2) is 0 Å². The lowest BCUT2D eigenvalue weighted by Gasteiger charge is -2.16. The summed E-state index contributed by atoms with van der Waals surface area (Å²) in [7, 11) is 0. The topological polar surface area (TPSA) is 69.0 Å². The van der Waals surface area contributed by atoms with E-state index in [-0.39, 0.29) is 5.91 Å². The van der Waals surface area contributed by atoms with Gasteiger partial charge in [0.1, 0.15) is 18.2 Å². The molecule has 162 valence electrons. The Hall–Kier alpha value is -3.38. The summed E-state index contributed by atoms with van der Waals surface area (Å²) < 4.78 is 7.93. The Morgan fingerprint density at radius 2 is 2.06 bits per heavy atom. The highest BCUT2D eigenvalue weighted by Gasteiger charge is 2.16. The lowest BCUT2D eigenvalue weighted by Crippen LogP contribution is -2.10. The van der Waals surface area contributed by atoms with Crippen molar-refractivity contribution < 1.29 is 9.53 Å². The van der Waals surface area contributed by atoms with Crippen LogP contribution in [0.1, 0.15) is 30.7 Å². The number of amides is 1. The van der Waals surface area contributed by atoms with Gasteiger partial charge in [-0.05, 0) is 54.8 Å². The summed E-state index contributed by atoms with van der Waals surface area (Å²) in [6, 6.07) is 13.2. The highest BCUT2D eigenvalue weighted by atomic mass is 35.5. The van der Waals surface area contributed by atoms with Crippen LogP contribution in [0.3, 0.4) is 0 Å². The van der Waals surface area contributed by atoms with Crippen LogP contribution in [-0.2, 0) is 17.8 Å². The van der Waals surface area contributed by atoms with Crippen molar-refractivity contribution in [3.63, 3.8) is 0 Å². The molecule has 2 aliphatic rings. The van der Waals surface area contributed by atoms with E-state index < -0.39 is 0 Å². The van der Waals surface area contributed by atoms with Gasteiger partial charge in [-0.2, -0.15) is 0 Å². The molecule has 1 N–H and O–H groups in total. The van der Waals surface area contributed by atoms with Crippen LogP contribution >= 0.6 is 11.6 Å². The minimum Gasteiger partial charge on any atom is -0.488 e. The standard InChI is InChI=1S/C25H23ClN4O2/c26-20-9-10-22-19(14-20)13-17(16-32-22)8-11-24(31)27-21-6-4-5-18(15-21)25-29-28-23-7-2-1-3-12-30(23)25/h4-6,8-11,13-15H,1-3,7,12,16H2,(H,27,31)/b11-8+. The first-order valence-electron chi connectivity index (χ1n) is 10.8. The van der Waals surface area contributed by atoms with Crippen LogP contribution < -0.4 is 10.1 Å². The zero-order valence-electron chi connectivity index (χ0n) is 17.6. The van der Waals surface area contributed by atoms with Crippen LogP contribution in [-0.4, -0.2) is 27.3 Å². The minimum absolute atomic E-state index is 0.208. The number of nitrogens with zero attached hydrogens (tertiary/aromatic N) is 3. The monoisotopic (exact) mass is 446 g/mol. The first-order valence-corrected chi connectivity index (χ1v) is 11.2. The lowest BCUT2D eigenvalue weighted by atomic mass is 10.1. The SMILES string of the molecule is O=C(/C=C/C1=Cc2cc(Cl)ccc2OC1)Nc1cccc(-c2nnc3n2CCCCC3)c1. The van der Waals surface area contributed by atoms with Gasteiger partial charge in [0.25, 0.3) is 0 Å². The largest absolute Gasteiger partial charge is 0.488 e. The Bertz CT molecular complexity index is 1230. The maximum atomic E-state index is 12.5. The average Bonchev–Trinajstić information content (AvgIpc) is 3.06. The van der Waals surface area contributed by atoms with Crippen molar-refractivity contribution >= 4 is 29.3 Å². The summed E-state index contributed by atoms with van der Waals surface area (Å²) in [5.41, 5.74) is 3.47. The van der Waals surface area contributed by atoms with Gasteiger partial charge in [0.05, 0.1) is 0 Å². The number of fused-ring (bicyclic) bond motifs is 2. The number of carbonyl (C=O) groups is 1. The Balaban J connectivity index is 1.29. The fourth-order valence-corrected chi connectivity index (χ4v) is 4.24. The van der Waals surface area contributed by atoms with E-state index in [1.165, 1.54) is 12.5 Å². The second kappa shape index (κ2) is 9.01. The van der Waals surface area contributed by atoms with Crippen molar-refractivity contribution in [1.82, 2.24) is 14.8 Å². The van der Waals surface area contributed by atoms with Gasteiger partial charge in [-0.15, -0.1) is 10.2 Å². The first kappa shape index (κ1) is 20.5. The Morgan fingerprint density at radius 1 is 1.12 bits per heavy atom. The highest BCUT2D eigenvalue weighted by molar-refractivity contribution is 6.30. The molecule has 0 aliphatic carbocycles. The van der Waals surface area contributed by atoms with Crippen molar-refractivity contribution in [2.24, 2.45) is 0 Å². The molecule has 0 radical (unpaired) electrons. The van der Waals surface area contributed by atoms with E-state index in [1.807, 2.05) is 42.5 Å². The molecule has 5 rings (SSSR count). The third-order valence-electron chi connectivity index (χ3n) is 5.65. The number of rotatable bonds is 4. The van der Waals surface area contributed by atoms with E-state index in [0.29, 0.717) is 17.3 Å². The van der Waals surface area contributed by atoms with Crippen LogP contribution in [0.4, 0.5) is 5.69 Å². The summed E-state index contributed by atoms with van der Waals surface area (Å²) in [5, 5.41) is 12.4. The van der Waals surface area contributed by atoms with E-state index in [4.69, 9.17) is 16.3 Å². The number of hydrogen-bond donors (Lipinski definition) is 1.